The van der Waals surface area contributed by atoms with Gasteiger partial charge >= 0.3 is 6.09 Å². The second kappa shape index (κ2) is 10.8. The molecule has 31 heavy (non-hydrogen) atoms. The topological polar surface area (TPSA) is 79.6 Å². The number of hydrogen-bond acceptors (Lipinski definition) is 5. The molecule has 0 radical (unpaired) electrons. The van der Waals surface area contributed by atoms with Crippen LogP contribution < -0.4 is 0 Å². The summed E-state index contributed by atoms with van der Waals surface area (Å²) in [5, 5.41) is 10.4. The molecule has 0 aromatic rings. The molecule has 1 rings (SSSR count). The summed E-state index contributed by atoms with van der Waals surface area (Å²) in [5.41, 5.74) is -2.92. The van der Waals surface area contributed by atoms with Crippen LogP contribution in [0.25, 0.3) is 0 Å². The van der Waals surface area contributed by atoms with E-state index in [4.69, 9.17) is 15.9 Å². The molecule has 0 saturated carbocycles. The lowest BCUT2D eigenvalue weighted by Gasteiger charge is -2.46. The number of carbonyl (C=O) groups excluding carboxylic acids is 2. The number of ketones is 1. The van der Waals surface area contributed by atoms with Crippen molar-refractivity contribution in [1.82, 2.24) is 4.90 Å². The number of carbonyl (C=O) groups is 2. The van der Waals surface area contributed by atoms with Gasteiger partial charge in [0.15, 0.2) is 5.54 Å². The Morgan fingerprint density at radius 3 is 2.45 bits per heavy atom. The maximum absolute atomic E-state index is 13.1. The lowest BCUT2D eigenvalue weighted by Crippen LogP contribution is -2.59. The lowest BCUT2D eigenvalue weighted by atomic mass is 9.66. The fourth-order valence-corrected chi connectivity index (χ4v) is 4.72. The molecule has 4 atom stereocenters. The molecule has 1 saturated heterocycles. The summed E-state index contributed by atoms with van der Waals surface area (Å²) in [6.07, 6.45) is 10.9. The van der Waals surface area contributed by atoms with Gasteiger partial charge in [-0.1, -0.05) is 19.4 Å². The maximum atomic E-state index is 13.1. The molecule has 0 aromatic heterocycles. The molecule has 1 aliphatic heterocycles. The Bertz CT molecular complexity index is 755. The number of methoxy groups -OCH3 is 1. The van der Waals surface area contributed by atoms with Gasteiger partial charge in [0.2, 0.25) is 0 Å². The average Bonchev–Trinajstić information content (AvgIpc) is 3.08. The van der Waals surface area contributed by atoms with E-state index in [2.05, 4.69) is 12.0 Å². The van der Waals surface area contributed by atoms with E-state index < -0.39 is 34.7 Å². The van der Waals surface area contributed by atoms with Gasteiger partial charge in [-0.15, -0.1) is 12.3 Å². The van der Waals surface area contributed by atoms with Gasteiger partial charge in [-0.2, -0.15) is 5.26 Å². The van der Waals surface area contributed by atoms with Crippen LogP contribution in [0.3, 0.4) is 0 Å². The fraction of sp³-hybridized carbons (Fsp3) is 0.720. The molecule has 1 heterocycles. The van der Waals surface area contributed by atoms with E-state index in [0.29, 0.717) is 25.8 Å². The third-order valence-corrected chi connectivity index (χ3v) is 6.14. The van der Waals surface area contributed by atoms with Crippen molar-refractivity contribution in [1.29, 1.82) is 5.26 Å². The van der Waals surface area contributed by atoms with E-state index in [1.165, 1.54) is 4.90 Å². The van der Waals surface area contributed by atoms with Crippen LogP contribution in [0.1, 0.15) is 73.6 Å². The number of terminal acetylenes is 1. The maximum Gasteiger partial charge on any atom is 0.411 e. The highest BCUT2D eigenvalue weighted by Gasteiger charge is 2.60. The summed E-state index contributed by atoms with van der Waals surface area (Å²) in [4.78, 5) is 27.6. The van der Waals surface area contributed by atoms with Gasteiger partial charge in [0.05, 0.1) is 11.7 Å². The van der Waals surface area contributed by atoms with E-state index in [-0.39, 0.29) is 12.2 Å². The molecule has 0 aromatic carbocycles. The third-order valence-electron chi connectivity index (χ3n) is 6.14. The van der Waals surface area contributed by atoms with Crippen LogP contribution in [0.5, 0.6) is 0 Å². The smallest absolute Gasteiger partial charge is 0.411 e. The van der Waals surface area contributed by atoms with Crippen molar-refractivity contribution < 1.29 is 19.1 Å². The first-order valence-corrected chi connectivity index (χ1v) is 11.0. The predicted molar refractivity (Wildman–Crippen MR) is 121 cm³/mol. The zero-order chi connectivity index (χ0) is 23.9. The van der Waals surface area contributed by atoms with Crippen LogP contribution in [-0.2, 0) is 14.3 Å². The lowest BCUT2D eigenvalue weighted by molar-refractivity contribution is -0.144. The molecule has 1 aliphatic rings. The van der Waals surface area contributed by atoms with E-state index >= 15 is 0 Å². The number of ether oxygens (including phenoxy) is 2. The van der Waals surface area contributed by atoms with Gasteiger partial charge in [-0.25, -0.2) is 4.79 Å². The molecule has 0 spiro atoms. The van der Waals surface area contributed by atoms with Crippen molar-refractivity contribution in [3.05, 3.63) is 12.2 Å². The first-order chi connectivity index (χ1) is 14.5. The Balaban J connectivity index is 3.51. The fourth-order valence-electron chi connectivity index (χ4n) is 4.72. The highest BCUT2D eigenvalue weighted by atomic mass is 16.6. The standard InChI is InChI=1S/C25H38N2O4/c1-9-12-14-20(28)19(13-10-2)24(7,30-8)21-15-17-27(22(29)31-23(4,5)6)25(21,18-26)16-11-3/h1,11,16,19,21H,10,12-15,17H2,2-8H3/b16-11-/t19-,21-,24?,25+/m1/s1. The summed E-state index contributed by atoms with van der Waals surface area (Å²) < 4.78 is 11.6. The second-order valence-corrected chi connectivity index (χ2v) is 9.31. The molecular weight excluding hydrogens is 392 g/mol. The minimum absolute atomic E-state index is 0.0344. The molecule has 1 unspecified atom stereocenters. The number of nitriles is 1. The quantitative estimate of drug-likeness (QED) is 0.384. The number of nitrogens with zero attached hydrogens (tertiary/aromatic N) is 2. The number of Topliss-reactive ketones (excluding diaryl/α,β-unsaturated/α-hetero) is 1. The van der Waals surface area contributed by atoms with E-state index in [0.717, 1.165) is 6.42 Å². The SMILES string of the molecule is C#CCCC(=O)[C@@H](CCC)C(C)(OC)[C@H]1CCN(C(=O)OC(C)(C)C)[C@]1(C#N)/C=C\C. The summed E-state index contributed by atoms with van der Waals surface area (Å²) in [7, 11) is 1.57. The predicted octanol–water partition coefficient (Wildman–Crippen LogP) is 4.89. The van der Waals surface area contributed by atoms with Gasteiger partial charge in [0.25, 0.3) is 0 Å². The summed E-state index contributed by atoms with van der Waals surface area (Å²) >= 11 is 0. The van der Waals surface area contributed by atoms with Crippen LogP contribution in [-0.4, -0.2) is 47.2 Å². The minimum atomic E-state index is -1.28. The highest BCUT2D eigenvalue weighted by Crippen LogP contribution is 2.48. The molecule has 6 nitrogen and oxygen atoms in total. The number of amides is 1. The minimum Gasteiger partial charge on any atom is -0.444 e. The Morgan fingerprint density at radius 1 is 1.35 bits per heavy atom. The van der Waals surface area contributed by atoms with Crippen molar-refractivity contribution in [3.8, 4) is 18.4 Å². The Morgan fingerprint density at radius 2 is 2.00 bits per heavy atom. The average molecular weight is 431 g/mol. The monoisotopic (exact) mass is 430 g/mol. The zero-order valence-corrected chi connectivity index (χ0v) is 20.2. The zero-order valence-electron chi connectivity index (χ0n) is 20.2. The summed E-state index contributed by atoms with van der Waals surface area (Å²) in [6, 6.07) is 2.38. The van der Waals surface area contributed by atoms with E-state index in [1.54, 1.807) is 40.0 Å². The highest BCUT2D eigenvalue weighted by molar-refractivity contribution is 5.82. The Kier molecular flexibility index (Phi) is 9.33. The van der Waals surface area contributed by atoms with Crippen LogP contribution in [0.15, 0.2) is 12.2 Å². The van der Waals surface area contributed by atoms with Crippen LogP contribution in [0, 0.1) is 35.5 Å². The largest absolute Gasteiger partial charge is 0.444 e. The van der Waals surface area contributed by atoms with Crippen LogP contribution >= 0.6 is 0 Å². The van der Waals surface area contributed by atoms with Crippen molar-refractivity contribution in [2.24, 2.45) is 11.8 Å². The second-order valence-electron chi connectivity index (χ2n) is 9.31. The number of allylic oxidation sites excluding steroid dienone is 1. The molecule has 0 aliphatic carbocycles. The normalized spacial score (nSPS) is 24.3. The van der Waals surface area contributed by atoms with Crippen molar-refractivity contribution >= 4 is 11.9 Å². The van der Waals surface area contributed by atoms with Gasteiger partial charge in [-0.05, 0) is 53.5 Å². The van der Waals surface area contributed by atoms with Crippen molar-refractivity contribution in [2.45, 2.75) is 90.4 Å². The van der Waals surface area contributed by atoms with Gasteiger partial charge in [0.1, 0.15) is 11.4 Å². The van der Waals surface area contributed by atoms with Crippen molar-refractivity contribution in [3.63, 3.8) is 0 Å². The molecule has 0 bridgehead atoms. The first kappa shape index (κ1) is 26.7. The molecule has 172 valence electrons. The Hall–Kier alpha value is -2.31. The molecule has 0 N–H and O–H groups in total. The molecule has 1 fully saturated rings. The van der Waals surface area contributed by atoms with Crippen molar-refractivity contribution in [2.75, 3.05) is 13.7 Å². The van der Waals surface area contributed by atoms with Gasteiger partial charge in [0, 0.05) is 38.3 Å². The number of rotatable bonds is 9. The number of hydrogen-bond donors (Lipinski definition) is 0. The third kappa shape index (κ3) is 5.69. The first-order valence-electron chi connectivity index (χ1n) is 11.0. The molecular formula is C25H38N2O4. The molecule has 1 amide bonds. The molecule has 6 heteroatoms. The van der Waals surface area contributed by atoms with E-state index in [1.807, 2.05) is 20.8 Å². The van der Waals surface area contributed by atoms with Crippen LogP contribution in [0.4, 0.5) is 4.79 Å². The summed E-state index contributed by atoms with van der Waals surface area (Å²) in [6.45, 7) is 11.4. The van der Waals surface area contributed by atoms with Gasteiger partial charge in [-0.3, -0.25) is 9.69 Å². The van der Waals surface area contributed by atoms with Gasteiger partial charge < -0.3 is 9.47 Å². The van der Waals surface area contributed by atoms with Crippen LogP contribution in [0.2, 0.25) is 0 Å². The number of likely N-dealkylation sites (tertiary alicyclic amines) is 1. The summed E-state index contributed by atoms with van der Waals surface area (Å²) in [5.74, 6) is 1.72. The Labute approximate surface area is 188 Å². The van der Waals surface area contributed by atoms with E-state index in [9.17, 15) is 14.9 Å².